The van der Waals surface area contributed by atoms with E-state index in [1.807, 2.05) is 153 Å². The van der Waals surface area contributed by atoms with Crippen LogP contribution in [0.2, 0.25) is 0 Å². The summed E-state index contributed by atoms with van der Waals surface area (Å²) >= 11 is 0. The van der Waals surface area contributed by atoms with Crippen molar-refractivity contribution in [1.82, 2.24) is 0 Å². The van der Waals surface area contributed by atoms with Crippen molar-refractivity contribution >= 4 is 45.5 Å². The quantitative estimate of drug-likeness (QED) is 0.0451. The maximum atomic E-state index is 12.6. The van der Waals surface area contributed by atoms with Gasteiger partial charge in [0.05, 0.1) is 45.5 Å². The van der Waals surface area contributed by atoms with E-state index in [-0.39, 0.29) is 42.3 Å². The van der Waals surface area contributed by atoms with Crippen LogP contribution in [-0.4, -0.2) is 20.4 Å². The summed E-state index contributed by atoms with van der Waals surface area (Å²) in [7, 11) is 0. The van der Waals surface area contributed by atoms with Gasteiger partial charge in [-0.15, -0.1) is 0 Å². The monoisotopic (exact) mass is 1240 g/mol. The van der Waals surface area contributed by atoms with Crippen molar-refractivity contribution in [2.24, 2.45) is 40.9 Å². The molecule has 0 aliphatic rings. The van der Waals surface area contributed by atoms with Gasteiger partial charge in [0.25, 0.3) is 0 Å². The van der Waals surface area contributed by atoms with E-state index >= 15 is 0 Å². The Hall–Kier alpha value is -12.6. The largest absolute Gasteiger partial charge is 0.507 e. The summed E-state index contributed by atoms with van der Waals surface area (Å²) < 4.78 is 24.0. The van der Waals surface area contributed by atoms with Crippen LogP contribution in [0.5, 0.6) is 69.0 Å². The van der Waals surface area contributed by atoms with Crippen LogP contribution < -0.4 is 18.9 Å². The minimum atomic E-state index is -0.115. The summed E-state index contributed by atoms with van der Waals surface area (Å²) in [5.41, 5.74) is 7.55. The first-order chi connectivity index (χ1) is 46.0. The average Bonchev–Trinajstić information content (AvgIpc) is 0.841. The summed E-state index contributed by atoms with van der Waals surface area (Å²) in [6.07, 6.45) is 0.481. The highest BCUT2D eigenvalue weighted by Crippen LogP contribution is 2.42. The molecule has 16 nitrogen and oxygen atoms in total. The van der Waals surface area contributed by atoms with E-state index in [2.05, 4.69) is 30.7 Å². The van der Waals surface area contributed by atoms with E-state index in [0.717, 1.165) is 0 Å². The van der Waals surface area contributed by atoms with Crippen molar-refractivity contribution in [2.45, 2.75) is 39.5 Å². The van der Waals surface area contributed by atoms with Crippen LogP contribution in [0.25, 0.3) is 0 Å². The highest BCUT2D eigenvalue weighted by molar-refractivity contribution is 5.63. The lowest BCUT2D eigenvalue weighted by atomic mass is 9.92. The average molecular weight is 1240 g/mol. The number of aryl methyl sites for hydroxylation is 2. The van der Waals surface area contributed by atoms with Gasteiger partial charge in [0.2, 0.25) is 0 Å². The summed E-state index contributed by atoms with van der Waals surface area (Å²) in [5.74, 6) is 5.13. The van der Waals surface area contributed by atoms with Gasteiger partial charge in [0, 0.05) is 52.6 Å². The normalized spacial score (nSPS) is 11.5. The molecular weight excluding hydrogens is 1180 g/mol. The summed E-state index contributed by atoms with van der Waals surface area (Å²) in [5, 5.41) is 85.4. The van der Waals surface area contributed by atoms with Gasteiger partial charge >= 0.3 is 0 Å². The number of phenols is 4. The zero-order valence-electron chi connectivity index (χ0n) is 51.2. The molecule has 0 aliphatic carbocycles. The van der Waals surface area contributed by atoms with E-state index in [1.165, 1.54) is 0 Å². The smallest absolute Gasteiger partial charge is 0.127 e. The van der Waals surface area contributed by atoms with Crippen molar-refractivity contribution in [2.75, 3.05) is 0 Å². The molecule has 0 radical (unpaired) electrons. The fourth-order valence-electron chi connectivity index (χ4n) is 10.3. The zero-order chi connectivity index (χ0) is 64.6. The molecule has 0 fully saturated rings. The molecule has 0 aliphatic heterocycles. The Bertz CT molecular complexity index is 4690. The molecular formula is C78H62N8O8. The molecule has 94 heavy (non-hydrogen) atoms. The van der Waals surface area contributed by atoms with E-state index in [0.29, 0.717) is 142 Å². The van der Waals surface area contributed by atoms with Crippen molar-refractivity contribution < 1.29 is 39.4 Å². The third-order valence-electron chi connectivity index (χ3n) is 15.0. The Morgan fingerprint density at radius 3 is 0.691 bits per heavy atom. The second-order valence-corrected chi connectivity index (χ2v) is 21.9. The van der Waals surface area contributed by atoms with Gasteiger partial charge in [-0.25, -0.2) is 0 Å². The number of nitrogens with zero attached hydrogens (tertiary/aromatic N) is 8. The van der Waals surface area contributed by atoms with Crippen LogP contribution in [-0.2, 0) is 25.7 Å². The molecule has 0 saturated heterocycles. The zero-order valence-corrected chi connectivity index (χ0v) is 51.2. The molecule has 12 aromatic carbocycles. The van der Waals surface area contributed by atoms with Crippen molar-refractivity contribution in [1.29, 1.82) is 0 Å². The molecule has 0 amide bonds. The lowest BCUT2D eigenvalue weighted by Crippen LogP contribution is -1.99. The highest BCUT2D eigenvalue weighted by Gasteiger charge is 2.21. The molecule has 16 heteroatoms. The highest BCUT2D eigenvalue weighted by atomic mass is 16.5. The second kappa shape index (κ2) is 29.4. The number of ether oxygens (including phenoxy) is 4. The van der Waals surface area contributed by atoms with Crippen LogP contribution in [0.1, 0.15) is 51.4 Å². The van der Waals surface area contributed by atoms with Crippen molar-refractivity contribution in [3.8, 4) is 69.0 Å². The minimum Gasteiger partial charge on any atom is -0.507 e. The molecule has 462 valence electrons. The Morgan fingerprint density at radius 2 is 0.436 bits per heavy atom. The Kier molecular flexibility index (Phi) is 19.3. The first kappa shape index (κ1) is 61.7. The predicted octanol–water partition coefficient (Wildman–Crippen LogP) is 23.0. The number of hydrogen-bond acceptors (Lipinski definition) is 16. The van der Waals surface area contributed by atoms with Crippen molar-refractivity contribution in [3.63, 3.8) is 0 Å². The number of rotatable bonds is 23. The van der Waals surface area contributed by atoms with Crippen LogP contribution >= 0.6 is 0 Å². The number of phenolic OH excluding ortho intramolecular Hbond substituents is 4. The molecule has 0 bridgehead atoms. The van der Waals surface area contributed by atoms with Crippen LogP contribution in [0.3, 0.4) is 0 Å². The lowest BCUT2D eigenvalue weighted by Gasteiger charge is -2.16. The number of azo groups is 4. The van der Waals surface area contributed by atoms with Crippen LogP contribution in [0, 0.1) is 6.92 Å². The molecule has 4 N–H and O–H groups in total. The van der Waals surface area contributed by atoms with Gasteiger partial charge in [0.15, 0.2) is 0 Å². The Balaban J connectivity index is 0.884. The third-order valence-corrected chi connectivity index (χ3v) is 15.0. The maximum absolute atomic E-state index is 12.6. The molecule has 0 aromatic heterocycles. The second-order valence-electron chi connectivity index (χ2n) is 21.9. The van der Waals surface area contributed by atoms with E-state index in [9.17, 15) is 20.4 Å². The summed E-state index contributed by atoms with van der Waals surface area (Å²) in [6, 6.07) is 80.5. The number of benzene rings is 12. The van der Waals surface area contributed by atoms with Gasteiger partial charge in [0.1, 0.15) is 69.0 Å². The summed E-state index contributed by atoms with van der Waals surface area (Å²) in [4.78, 5) is 0. The predicted molar refractivity (Wildman–Crippen MR) is 363 cm³/mol. The number of hydrogen-bond donors (Lipinski definition) is 4. The maximum Gasteiger partial charge on any atom is 0.127 e. The van der Waals surface area contributed by atoms with Crippen LogP contribution in [0.4, 0.5) is 45.5 Å². The third kappa shape index (κ3) is 16.2. The SMILES string of the molecule is CCc1cc(N=Nc2ccc(Oc3ccccc3)cc2)cc(Cc2cc(N=Nc3ccc(Oc4ccccc4)cc3)cc(Cc3cc(N=Nc4ccc(Oc5ccccc5)cc4)cc(Cc4cc(N=Nc5ccc(Oc6ccccc6)cc5)cc(C)c4O)c3O)c2O)c1O. The van der Waals surface area contributed by atoms with Gasteiger partial charge < -0.3 is 39.4 Å². The van der Waals surface area contributed by atoms with Gasteiger partial charge in [-0.05, 0) is 219 Å². The first-order valence-corrected chi connectivity index (χ1v) is 30.3. The fraction of sp³-hybridized carbons (Fsp3) is 0.0769. The summed E-state index contributed by atoms with van der Waals surface area (Å²) in [6.45, 7) is 3.70. The van der Waals surface area contributed by atoms with Gasteiger partial charge in [-0.2, -0.15) is 40.9 Å². The topological polar surface area (TPSA) is 217 Å². The van der Waals surface area contributed by atoms with E-state index in [4.69, 9.17) is 29.2 Å². The molecule has 12 rings (SSSR count). The van der Waals surface area contributed by atoms with E-state index in [1.54, 1.807) is 128 Å². The van der Waals surface area contributed by atoms with Gasteiger partial charge in [-0.3, -0.25) is 0 Å². The molecule has 12 aromatic rings. The molecule has 0 saturated carbocycles. The Morgan fingerprint density at radius 1 is 0.234 bits per heavy atom. The fourth-order valence-corrected chi connectivity index (χ4v) is 10.3. The molecule has 0 spiro atoms. The number of aromatic hydroxyl groups is 4. The minimum absolute atomic E-state index is 0.00850. The number of para-hydroxylation sites is 4. The lowest BCUT2D eigenvalue weighted by molar-refractivity contribution is 0.453. The van der Waals surface area contributed by atoms with Crippen molar-refractivity contribution in [3.05, 3.63) is 311 Å². The van der Waals surface area contributed by atoms with E-state index < -0.39 is 0 Å². The molecule has 0 unspecified atom stereocenters. The van der Waals surface area contributed by atoms with Crippen LogP contribution in [0.15, 0.2) is 308 Å². The first-order valence-electron chi connectivity index (χ1n) is 30.3. The molecule has 0 heterocycles. The standard InChI is InChI=1S/C78H62N8O8/c1-3-52-44-64(84-80-60-26-34-72(35-27-60)92-68-18-10-5-11-19-68)46-54(76(52)88)42-56-48-66(86-82-62-30-38-74(39-31-62)94-70-22-14-7-15-23-70)50-58(78(56)90)43-57-49-65(85-81-61-28-36-73(37-29-61)93-69-20-12-6-13-21-69)47-55(77(57)89)41-53-45-63(40-51(2)75(53)87)83-79-59-24-32-71(33-25-59)91-67-16-8-4-9-17-67/h4-40,44-50,87-90H,3,41-43H2,1-2H3. The Labute approximate surface area is 543 Å². The molecule has 0 atom stereocenters. The van der Waals surface area contributed by atoms with Gasteiger partial charge in [-0.1, -0.05) is 79.7 Å².